The maximum atomic E-state index is 12.7. The standard InChI is InChI=1S/C16H30N2O3/c1-12(2)17(10-13(3)19)11-16(20)18-8-9-21-15-7-5-4-6-14(15)18/h12-15,19H,4-11H2,1-3H3. The minimum absolute atomic E-state index is 0.185. The number of rotatable bonds is 5. The molecule has 21 heavy (non-hydrogen) atoms. The zero-order valence-corrected chi connectivity index (χ0v) is 13.6. The van der Waals surface area contributed by atoms with Crippen LogP contribution in [-0.4, -0.2) is 71.3 Å². The molecule has 1 aliphatic heterocycles. The van der Waals surface area contributed by atoms with E-state index in [9.17, 15) is 9.90 Å². The Kier molecular flexibility index (Phi) is 6.02. The van der Waals surface area contributed by atoms with Gasteiger partial charge in [-0.2, -0.15) is 0 Å². The highest BCUT2D eigenvalue weighted by atomic mass is 16.5. The molecule has 0 radical (unpaired) electrons. The molecule has 1 amide bonds. The normalized spacial score (nSPS) is 27.8. The molecule has 5 heteroatoms. The van der Waals surface area contributed by atoms with Crippen molar-refractivity contribution in [2.24, 2.45) is 0 Å². The van der Waals surface area contributed by atoms with Crippen LogP contribution < -0.4 is 0 Å². The minimum Gasteiger partial charge on any atom is -0.392 e. The molecular formula is C16H30N2O3. The summed E-state index contributed by atoms with van der Waals surface area (Å²) in [6, 6.07) is 0.521. The van der Waals surface area contributed by atoms with Gasteiger partial charge in [-0.15, -0.1) is 0 Å². The van der Waals surface area contributed by atoms with Gasteiger partial charge in [0, 0.05) is 19.1 Å². The van der Waals surface area contributed by atoms with E-state index in [1.807, 2.05) is 4.90 Å². The molecule has 3 unspecified atom stereocenters. The Morgan fingerprint density at radius 1 is 1.33 bits per heavy atom. The maximum absolute atomic E-state index is 12.7. The van der Waals surface area contributed by atoms with E-state index in [0.29, 0.717) is 26.2 Å². The van der Waals surface area contributed by atoms with Gasteiger partial charge >= 0.3 is 0 Å². The van der Waals surface area contributed by atoms with Gasteiger partial charge in [-0.05, 0) is 33.6 Å². The fourth-order valence-corrected chi connectivity index (χ4v) is 3.47. The summed E-state index contributed by atoms with van der Waals surface area (Å²) < 4.78 is 5.83. The Balaban J connectivity index is 1.97. The van der Waals surface area contributed by atoms with E-state index < -0.39 is 6.10 Å². The number of aliphatic hydroxyl groups is 1. The van der Waals surface area contributed by atoms with E-state index in [2.05, 4.69) is 18.7 Å². The van der Waals surface area contributed by atoms with Crippen LogP contribution in [0.3, 0.4) is 0 Å². The average molecular weight is 298 g/mol. The van der Waals surface area contributed by atoms with Crippen molar-refractivity contribution < 1.29 is 14.6 Å². The van der Waals surface area contributed by atoms with Crippen LogP contribution in [0, 0.1) is 0 Å². The Bertz CT molecular complexity index is 344. The highest BCUT2D eigenvalue weighted by Gasteiger charge is 2.37. The molecule has 1 saturated carbocycles. The number of morpholine rings is 1. The quantitative estimate of drug-likeness (QED) is 0.830. The average Bonchev–Trinajstić information content (AvgIpc) is 2.45. The minimum atomic E-state index is -0.410. The predicted octanol–water partition coefficient (Wildman–Crippen LogP) is 1.25. The highest BCUT2D eigenvalue weighted by Crippen LogP contribution is 2.28. The molecule has 1 aliphatic carbocycles. The van der Waals surface area contributed by atoms with Crippen LogP contribution in [0.2, 0.25) is 0 Å². The van der Waals surface area contributed by atoms with E-state index in [0.717, 1.165) is 12.8 Å². The smallest absolute Gasteiger partial charge is 0.237 e. The van der Waals surface area contributed by atoms with Gasteiger partial charge in [0.15, 0.2) is 0 Å². The van der Waals surface area contributed by atoms with Crippen molar-refractivity contribution in [2.45, 2.75) is 70.7 Å². The lowest BCUT2D eigenvalue weighted by Gasteiger charge is -2.44. The molecule has 2 aliphatic rings. The van der Waals surface area contributed by atoms with Crippen LogP contribution in [0.4, 0.5) is 0 Å². The third kappa shape index (κ3) is 4.41. The van der Waals surface area contributed by atoms with Gasteiger partial charge in [0.05, 0.1) is 31.4 Å². The van der Waals surface area contributed by atoms with Crippen LogP contribution in [0.1, 0.15) is 46.5 Å². The molecule has 122 valence electrons. The molecule has 2 rings (SSSR count). The van der Waals surface area contributed by atoms with Gasteiger partial charge in [0.1, 0.15) is 0 Å². The van der Waals surface area contributed by atoms with Crippen molar-refractivity contribution in [3.8, 4) is 0 Å². The number of aliphatic hydroxyl groups excluding tert-OH is 1. The molecule has 1 N–H and O–H groups in total. The van der Waals surface area contributed by atoms with E-state index >= 15 is 0 Å². The van der Waals surface area contributed by atoms with Crippen LogP contribution in [0.15, 0.2) is 0 Å². The first-order valence-corrected chi connectivity index (χ1v) is 8.32. The van der Waals surface area contributed by atoms with Crippen molar-refractivity contribution in [1.82, 2.24) is 9.80 Å². The molecule has 2 fully saturated rings. The van der Waals surface area contributed by atoms with Gasteiger partial charge in [0.2, 0.25) is 5.91 Å². The summed E-state index contributed by atoms with van der Waals surface area (Å²) in [4.78, 5) is 16.8. The van der Waals surface area contributed by atoms with Crippen LogP contribution in [-0.2, 0) is 9.53 Å². The van der Waals surface area contributed by atoms with Crippen LogP contribution in [0.25, 0.3) is 0 Å². The molecule has 0 spiro atoms. The molecule has 0 bridgehead atoms. The molecular weight excluding hydrogens is 268 g/mol. The van der Waals surface area contributed by atoms with Crippen LogP contribution in [0.5, 0.6) is 0 Å². The zero-order valence-electron chi connectivity index (χ0n) is 13.6. The number of carbonyl (C=O) groups excluding carboxylic acids is 1. The van der Waals surface area contributed by atoms with Gasteiger partial charge < -0.3 is 14.7 Å². The molecule has 5 nitrogen and oxygen atoms in total. The Morgan fingerprint density at radius 3 is 2.71 bits per heavy atom. The third-order valence-electron chi connectivity index (χ3n) is 4.62. The molecule has 1 saturated heterocycles. The second kappa shape index (κ2) is 7.56. The molecule has 0 aromatic heterocycles. The second-order valence-corrected chi connectivity index (χ2v) is 6.72. The van der Waals surface area contributed by atoms with Crippen molar-refractivity contribution in [3.05, 3.63) is 0 Å². The summed E-state index contributed by atoms with van der Waals surface area (Å²) in [5.41, 5.74) is 0. The first-order chi connectivity index (χ1) is 9.99. The van der Waals surface area contributed by atoms with Crippen molar-refractivity contribution in [1.29, 1.82) is 0 Å². The summed E-state index contributed by atoms with van der Waals surface area (Å²) in [5.74, 6) is 0.185. The number of hydrogen-bond acceptors (Lipinski definition) is 4. The van der Waals surface area contributed by atoms with Crippen molar-refractivity contribution in [3.63, 3.8) is 0 Å². The number of ether oxygens (including phenoxy) is 1. The summed E-state index contributed by atoms with van der Waals surface area (Å²) >= 11 is 0. The third-order valence-corrected chi connectivity index (χ3v) is 4.62. The van der Waals surface area contributed by atoms with Gasteiger partial charge in [0.25, 0.3) is 0 Å². The number of hydrogen-bond donors (Lipinski definition) is 1. The van der Waals surface area contributed by atoms with Gasteiger partial charge in [-0.25, -0.2) is 0 Å². The van der Waals surface area contributed by atoms with E-state index in [4.69, 9.17) is 4.74 Å². The first kappa shape index (κ1) is 16.7. The predicted molar refractivity (Wildman–Crippen MR) is 82.1 cm³/mol. The fourth-order valence-electron chi connectivity index (χ4n) is 3.47. The SMILES string of the molecule is CC(O)CN(CC(=O)N1CCOC2CCCCC21)C(C)C. The lowest BCUT2D eigenvalue weighted by Crippen LogP contribution is -2.57. The molecule has 3 atom stereocenters. The van der Waals surface area contributed by atoms with E-state index in [1.165, 1.54) is 12.8 Å². The maximum Gasteiger partial charge on any atom is 0.237 e. The number of nitrogens with zero attached hydrogens (tertiary/aromatic N) is 2. The molecule has 0 aromatic carbocycles. The van der Waals surface area contributed by atoms with Crippen molar-refractivity contribution in [2.75, 3.05) is 26.2 Å². The summed E-state index contributed by atoms with van der Waals surface area (Å²) in [5, 5.41) is 9.60. The van der Waals surface area contributed by atoms with Gasteiger partial charge in [-0.1, -0.05) is 12.8 Å². The molecule has 1 heterocycles. The summed E-state index contributed by atoms with van der Waals surface area (Å²) in [6.45, 7) is 8.21. The second-order valence-electron chi connectivity index (χ2n) is 6.72. The Morgan fingerprint density at radius 2 is 2.05 bits per heavy atom. The number of carbonyl (C=O) groups is 1. The monoisotopic (exact) mass is 298 g/mol. The number of fused-ring (bicyclic) bond motifs is 1. The van der Waals surface area contributed by atoms with E-state index in [1.54, 1.807) is 6.92 Å². The zero-order chi connectivity index (χ0) is 15.4. The Hall–Kier alpha value is -0.650. The van der Waals surface area contributed by atoms with Crippen LogP contribution >= 0.6 is 0 Å². The Labute approximate surface area is 128 Å². The van der Waals surface area contributed by atoms with E-state index in [-0.39, 0.29) is 24.1 Å². The lowest BCUT2D eigenvalue weighted by atomic mass is 9.90. The van der Waals surface area contributed by atoms with Crippen molar-refractivity contribution >= 4 is 5.91 Å². The highest BCUT2D eigenvalue weighted by molar-refractivity contribution is 5.78. The largest absolute Gasteiger partial charge is 0.392 e. The first-order valence-electron chi connectivity index (χ1n) is 8.32. The summed E-state index contributed by atoms with van der Waals surface area (Å²) in [7, 11) is 0. The van der Waals surface area contributed by atoms with Gasteiger partial charge in [-0.3, -0.25) is 9.69 Å². The molecule has 0 aromatic rings. The topological polar surface area (TPSA) is 53.0 Å². The number of amides is 1. The summed E-state index contributed by atoms with van der Waals surface area (Å²) in [6.07, 6.45) is 4.37. The fraction of sp³-hybridized carbons (Fsp3) is 0.938. The lowest BCUT2D eigenvalue weighted by molar-refractivity contribution is -0.151.